The van der Waals surface area contributed by atoms with E-state index in [2.05, 4.69) is 15.4 Å². The highest BCUT2D eigenvalue weighted by molar-refractivity contribution is 6.04. The van der Waals surface area contributed by atoms with Crippen molar-refractivity contribution in [3.63, 3.8) is 0 Å². The fourth-order valence-corrected chi connectivity index (χ4v) is 2.51. The van der Waals surface area contributed by atoms with Gasteiger partial charge in [0.15, 0.2) is 5.78 Å². The van der Waals surface area contributed by atoms with Crippen LogP contribution in [0.3, 0.4) is 0 Å². The van der Waals surface area contributed by atoms with Crippen LogP contribution in [-0.2, 0) is 9.53 Å². The summed E-state index contributed by atoms with van der Waals surface area (Å²) in [6, 6.07) is 8.11. The van der Waals surface area contributed by atoms with Crippen LogP contribution in [0.1, 0.15) is 30.6 Å². The quantitative estimate of drug-likeness (QED) is 0.566. The second-order valence-corrected chi connectivity index (χ2v) is 6.75. The van der Waals surface area contributed by atoms with Crippen LogP contribution in [0.25, 0.3) is 0 Å². The molecular weight excluding hydrogens is 370 g/mol. The van der Waals surface area contributed by atoms with Crippen LogP contribution in [0.5, 0.6) is 0 Å². The monoisotopic (exact) mass is 390 g/mol. The zero-order valence-corrected chi connectivity index (χ0v) is 15.6. The number of esters is 1. The molecule has 2 aromatic rings. The summed E-state index contributed by atoms with van der Waals surface area (Å²) in [5.74, 6) is -2.49. The van der Waals surface area contributed by atoms with Gasteiger partial charge in [0.05, 0.1) is 19.1 Å². The first kappa shape index (κ1) is 21.0. The lowest BCUT2D eigenvalue weighted by atomic mass is 9.81. The molecule has 8 heteroatoms. The Labute approximate surface area is 160 Å². The minimum Gasteiger partial charge on any atom is -0.469 e. The molecule has 0 heterocycles. The summed E-state index contributed by atoms with van der Waals surface area (Å²) in [7, 11) is 1.20. The van der Waals surface area contributed by atoms with Gasteiger partial charge in [0.1, 0.15) is 11.6 Å². The average molecular weight is 390 g/mol. The molecule has 0 saturated heterocycles. The molecule has 6 nitrogen and oxygen atoms in total. The number of ether oxygens (including phenoxy) is 1. The summed E-state index contributed by atoms with van der Waals surface area (Å²) in [6.07, 6.45) is -0.223. The van der Waals surface area contributed by atoms with E-state index in [0.717, 1.165) is 12.1 Å². The predicted molar refractivity (Wildman–Crippen MR) is 100 cm³/mol. The van der Waals surface area contributed by atoms with E-state index in [1.807, 2.05) is 0 Å². The number of benzene rings is 2. The van der Waals surface area contributed by atoms with Gasteiger partial charge in [0, 0.05) is 16.8 Å². The number of halogens is 2. The smallest absolute Gasteiger partial charge is 0.323 e. The maximum Gasteiger partial charge on any atom is 0.323 e. The second-order valence-electron chi connectivity index (χ2n) is 6.75. The van der Waals surface area contributed by atoms with E-state index < -0.39 is 34.8 Å². The SMILES string of the molecule is COC(=O)CC(C)(C)C(=O)c1cc(NC(=O)Nc2cccc(F)c2)ccc1F. The average Bonchev–Trinajstić information content (AvgIpc) is 2.62. The third kappa shape index (κ3) is 5.35. The van der Waals surface area contributed by atoms with Crippen molar-refractivity contribution in [2.24, 2.45) is 5.41 Å². The van der Waals surface area contributed by atoms with Crippen molar-refractivity contribution in [1.29, 1.82) is 0 Å². The van der Waals surface area contributed by atoms with Gasteiger partial charge >= 0.3 is 12.0 Å². The van der Waals surface area contributed by atoms with E-state index in [4.69, 9.17) is 0 Å². The van der Waals surface area contributed by atoms with Crippen LogP contribution in [0.15, 0.2) is 42.5 Å². The summed E-state index contributed by atoms with van der Waals surface area (Å²) < 4.78 is 31.9. The largest absolute Gasteiger partial charge is 0.469 e. The van der Waals surface area contributed by atoms with Crippen molar-refractivity contribution in [3.05, 3.63) is 59.7 Å². The molecule has 0 bridgehead atoms. The normalized spacial score (nSPS) is 10.9. The van der Waals surface area contributed by atoms with Gasteiger partial charge in [-0.25, -0.2) is 13.6 Å². The molecule has 0 spiro atoms. The van der Waals surface area contributed by atoms with Crippen molar-refractivity contribution >= 4 is 29.2 Å². The summed E-state index contributed by atoms with van der Waals surface area (Å²) in [4.78, 5) is 36.2. The summed E-state index contributed by atoms with van der Waals surface area (Å²) in [5, 5.41) is 4.88. The minimum atomic E-state index is -1.20. The van der Waals surface area contributed by atoms with Crippen molar-refractivity contribution in [2.75, 3.05) is 17.7 Å². The van der Waals surface area contributed by atoms with Crippen molar-refractivity contribution < 1.29 is 27.9 Å². The van der Waals surface area contributed by atoms with Crippen LogP contribution in [-0.4, -0.2) is 24.9 Å². The van der Waals surface area contributed by atoms with Crippen LogP contribution < -0.4 is 10.6 Å². The van der Waals surface area contributed by atoms with E-state index >= 15 is 0 Å². The fourth-order valence-electron chi connectivity index (χ4n) is 2.51. The molecule has 0 aliphatic carbocycles. The lowest BCUT2D eigenvalue weighted by Gasteiger charge is -2.22. The van der Waals surface area contributed by atoms with E-state index in [1.165, 1.54) is 51.3 Å². The van der Waals surface area contributed by atoms with Gasteiger partial charge in [-0.1, -0.05) is 19.9 Å². The van der Waals surface area contributed by atoms with Crippen molar-refractivity contribution in [3.8, 4) is 0 Å². The molecule has 0 aromatic heterocycles. The molecular formula is C20H20F2N2O4. The molecule has 0 atom stereocenters. The number of anilines is 2. The standard InChI is InChI=1S/C20H20F2N2O4/c1-20(2,11-17(25)28-3)18(26)15-10-14(7-8-16(15)22)24-19(27)23-13-6-4-5-12(21)9-13/h4-10H,11H2,1-3H3,(H2,23,24,27). The Morgan fingerprint density at radius 3 is 2.25 bits per heavy atom. The third-order valence-electron chi connectivity index (χ3n) is 3.98. The number of hydrogen-bond donors (Lipinski definition) is 2. The second kappa shape index (κ2) is 8.60. The number of methoxy groups -OCH3 is 1. The number of ketones is 1. The van der Waals surface area contributed by atoms with Gasteiger partial charge in [-0.05, 0) is 36.4 Å². The molecule has 2 amide bonds. The Morgan fingerprint density at radius 1 is 1.00 bits per heavy atom. The zero-order valence-electron chi connectivity index (χ0n) is 15.6. The van der Waals surface area contributed by atoms with Crippen LogP contribution >= 0.6 is 0 Å². The highest BCUT2D eigenvalue weighted by atomic mass is 19.1. The first-order valence-electron chi connectivity index (χ1n) is 8.37. The Morgan fingerprint density at radius 2 is 1.64 bits per heavy atom. The molecule has 0 aliphatic heterocycles. The number of Topliss-reactive ketones (excluding diaryl/α,β-unsaturated/α-hetero) is 1. The van der Waals surface area contributed by atoms with Crippen molar-refractivity contribution in [2.45, 2.75) is 20.3 Å². The van der Waals surface area contributed by atoms with Gasteiger partial charge in [0.25, 0.3) is 0 Å². The van der Waals surface area contributed by atoms with Gasteiger partial charge in [-0.15, -0.1) is 0 Å². The number of carbonyl (C=O) groups is 3. The molecule has 28 heavy (non-hydrogen) atoms. The number of amides is 2. The molecule has 0 unspecified atom stereocenters. The van der Waals surface area contributed by atoms with Crippen LogP contribution in [0.2, 0.25) is 0 Å². The van der Waals surface area contributed by atoms with Crippen molar-refractivity contribution in [1.82, 2.24) is 0 Å². The maximum atomic E-state index is 14.2. The highest BCUT2D eigenvalue weighted by Gasteiger charge is 2.33. The molecule has 2 aromatic carbocycles. The first-order chi connectivity index (χ1) is 13.1. The Kier molecular flexibility index (Phi) is 6.45. The molecule has 0 aliphatic rings. The van der Waals surface area contributed by atoms with Gasteiger partial charge < -0.3 is 15.4 Å². The Balaban J connectivity index is 2.17. The van der Waals surface area contributed by atoms with E-state index in [-0.39, 0.29) is 23.4 Å². The minimum absolute atomic E-state index is 0.160. The highest BCUT2D eigenvalue weighted by Crippen LogP contribution is 2.29. The lowest BCUT2D eigenvalue weighted by Crippen LogP contribution is -2.29. The molecule has 2 rings (SSSR count). The number of urea groups is 1. The van der Waals surface area contributed by atoms with E-state index in [0.29, 0.717) is 0 Å². The maximum absolute atomic E-state index is 14.2. The molecule has 2 N–H and O–H groups in total. The van der Waals surface area contributed by atoms with Crippen LogP contribution in [0.4, 0.5) is 25.0 Å². The van der Waals surface area contributed by atoms with E-state index in [1.54, 1.807) is 0 Å². The van der Waals surface area contributed by atoms with Gasteiger partial charge in [0.2, 0.25) is 0 Å². The Hall–Kier alpha value is -3.29. The summed E-state index contributed by atoms with van der Waals surface area (Å²) >= 11 is 0. The van der Waals surface area contributed by atoms with Crippen LogP contribution in [0, 0.1) is 17.0 Å². The molecule has 148 valence electrons. The lowest BCUT2D eigenvalue weighted by molar-refractivity contribution is -0.142. The van der Waals surface area contributed by atoms with E-state index in [9.17, 15) is 23.2 Å². The van der Waals surface area contributed by atoms with Gasteiger partial charge in [-0.3, -0.25) is 9.59 Å². The Bertz CT molecular complexity index is 913. The topological polar surface area (TPSA) is 84.5 Å². The predicted octanol–water partition coefficient (Wildman–Crippen LogP) is 4.38. The number of hydrogen-bond acceptors (Lipinski definition) is 4. The summed E-state index contributed by atoms with van der Waals surface area (Å²) in [5.41, 5.74) is -1.07. The molecule has 0 fully saturated rings. The first-order valence-corrected chi connectivity index (χ1v) is 8.37. The zero-order chi connectivity index (χ0) is 20.9. The molecule has 0 saturated carbocycles. The van der Waals surface area contributed by atoms with Gasteiger partial charge in [-0.2, -0.15) is 0 Å². The fraction of sp³-hybridized carbons (Fsp3) is 0.250. The summed E-state index contributed by atoms with van der Waals surface area (Å²) in [6.45, 7) is 3.00. The third-order valence-corrected chi connectivity index (χ3v) is 3.98. The molecule has 0 radical (unpaired) electrons. The number of nitrogens with one attached hydrogen (secondary N) is 2. The number of rotatable bonds is 6. The number of carbonyl (C=O) groups excluding carboxylic acids is 3.